The second-order valence-electron chi connectivity index (χ2n) is 6.16. The smallest absolute Gasteiger partial charge is 0.309 e. The molecule has 4 rings (SSSR count). The summed E-state index contributed by atoms with van der Waals surface area (Å²) < 4.78 is 1.82. The van der Waals surface area contributed by atoms with Crippen LogP contribution in [0.2, 0.25) is 0 Å². The molecule has 5 nitrogen and oxygen atoms in total. The van der Waals surface area contributed by atoms with Crippen molar-refractivity contribution >= 4 is 17.3 Å². The van der Waals surface area contributed by atoms with Crippen LogP contribution in [0.25, 0.3) is 27.6 Å². The molecular weight excluding hydrogens is 358 g/mol. The zero-order chi connectivity index (χ0) is 18.8. The Morgan fingerprint density at radius 1 is 1.04 bits per heavy atom. The lowest BCUT2D eigenvalue weighted by Gasteiger charge is -2.05. The summed E-state index contributed by atoms with van der Waals surface area (Å²) in [6.07, 6.45) is -0.0943. The van der Waals surface area contributed by atoms with Crippen molar-refractivity contribution in [2.24, 2.45) is 0 Å². The van der Waals surface area contributed by atoms with Crippen molar-refractivity contribution in [2.75, 3.05) is 0 Å². The molecule has 0 atom stereocenters. The van der Waals surface area contributed by atoms with Crippen LogP contribution >= 0.6 is 11.3 Å². The molecule has 0 fully saturated rings. The van der Waals surface area contributed by atoms with E-state index in [9.17, 15) is 4.79 Å². The fourth-order valence-electron chi connectivity index (χ4n) is 3.07. The van der Waals surface area contributed by atoms with Crippen molar-refractivity contribution in [3.05, 3.63) is 77.3 Å². The summed E-state index contributed by atoms with van der Waals surface area (Å²) in [5, 5.41) is 16.3. The number of aromatic nitrogens is 3. The van der Waals surface area contributed by atoms with E-state index >= 15 is 0 Å². The number of carboxylic acid groups (broad SMARTS) is 1. The van der Waals surface area contributed by atoms with E-state index in [0.717, 1.165) is 28.1 Å². The molecule has 0 aliphatic rings. The normalized spacial score (nSPS) is 10.9. The largest absolute Gasteiger partial charge is 0.481 e. The fraction of sp³-hybridized carbons (Fsp3) is 0.0952. The molecule has 0 saturated carbocycles. The Balaban J connectivity index is 1.90. The number of benzene rings is 2. The van der Waals surface area contributed by atoms with Crippen LogP contribution in [0.5, 0.6) is 0 Å². The summed E-state index contributed by atoms with van der Waals surface area (Å²) >= 11 is 1.40. The molecular formula is C21H17N3O2S. The summed E-state index contributed by atoms with van der Waals surface area (Å²) in [5.74, 6) is -0.892. The lowest BCUT2D eigenvalue weighted by molar-refractivity contribution is -0.136. The number of aliphatic carboxylic acids is 1. The van der Waals surface area contributed by atoms with Crippen molar-refractivity contribution in [3.8, 4) is 27.6 Å². The summed E-state index contributed by atoms with van der Waals surface area (Å²) in [7, 11) is 0. The molecule has 2 heterocycles. The van der Waals surface area contributed by atoms with E-state index in [1.54, 1.807) is 5.38 Å². The molecule has 0 unspecified atom stereocenters. The SMILES string of the molecule is Cc1c(-c2ccccc2)nn(-c2nc(CC(=O)O)cs2)c1-c1ccccc1. The maximum absolute atomic E-state index is 11.0. The molecule has 4 aromatic rings. The Labute approximate surface area is 160 Å². The molecule has 1 N–H and O–H groups in total. The van der Waals surface area contributed by atoms with Gasteiger partial charge in [-0.15, -0.1) is 11.3 Å². The molecule has 0 amide bonds. The standard InChI is InChI=1S/C21H17N3O2S/c1-14-19(15-8-4-2-5-9-15)23-24(20(14)16-10-6-3-7-11-16)21-22-17(13-27-21)12-18(25)26/h2-11,13H,12H2,1H3,(H,25,26). The molecule has 2 aromatic heterocycles. The first kappa shape index (κ1) is 17.2. The van der Waals surface area contributed by atoms with Gasteiger partial charge in [0.25, 0.3) is 0 Å². The van der Waals surface area contributed by atoms with Gasteiger partial charge in [-0.1, -0.05) is 60.7 Å². The number of hydrogen-bond acceptors (Lipinski definition) is 4. The quantitative estimate of drug-likeness (QED) is 0.554. The number of hydrogen-bond donors (Lipinski definition) is 1. The number of thiazole rings is 1. The van der Waals surface area contributed by atoms with Crippen LogP contribution in [0, 0.1) is 6.92 Å². The van der Waals surface area contributed by atoms with Gasteiger partial charge in [0.1, 0.15) is 0 Å². The van der Waals surface area contributed by atoms with Crippen molar-refractivity contribution in [2.45, 2.75) is 13.3 Å². The predicted molar refractivity (Wildman–Crippen MR) is 106 cm³/mol. The third-order valence-electron chi connectivity index (χ3n) is 4.27. The van der Waals surface area contributed by atoms with Crippen LogP contribution in [0.3, 0.4) is 0 Å². The molecule has 2 aromatic carbocycles. The van der Waals surface area contributed by atoms with Crippen molar-refractivity contribution in [3.63, 3.8) is 0 Å². The summed E-state index contributed by atoms with van der Waals surface area (Å²) in [6, 6.07) is 20.1. The Kier molecular flexibility index (Phi) is 4.56. The van der Waals surface area contributed by atoms with Crippen molar-refractivity contribution in [1.29, 1.82) is 0 Å². The van der Waals surface area contributed by atoms with Gasteiger partial charge in [-0.3, -0.25) is 4.79 Å². The molecule has 6 heteroatoms. The Bertz CT molecular complexity index is 1090. The minimum atomic E-state index is -0.892. The molecule has 0 saturated heterocycles. The Morgan fingerprint density at radius 3 is 2.30 bits per heavy atom. The van der Waals surface area contributed by atoms with Crippen molar-refractivity contribution in [1.82, 2.24) is 14.8 Å². The minimum Gasteiger partial charge on any atom is -0.481 e. The molecule has 0 bridgehead atoms. The van der Waals surface area contributed by atoms with Gasteiger partial charge in [0, 0.05) is 22.1 Å². The summed E-state index contributed by atoms with van der Waals surface area (Å²) in [6.45, 7) is 2.06. The van der Waals surface area contributed by atoms with Crippen molar-refractivity contribution < 1.29 is 9.90 Å². The van der Waals surface area contributed by atoms with Crippen LogP contribution in [0.4, 0.5) is 0 Å². The zero-order valence-electron chi connectivity index (χ0n) is 14.7. The van der Waals surface area contributed by atoms with Crippen LogP contribution in [0.1, 0.15) is 11.3 Å². The maximum Gasteiger partial charge on any atom is 0.309 e. The Morgan fingerprint density at radius 2 is 1.67 bits per heavy atom. The van der Waals surface area contributed by atoms with E-state index in [2.05, 4.69) is 11.9 Å². The number of rotatable bonds is 5. The monoisotopic (exact) mass is 375 g/mol. The number of carboxylic acids is 1. The molecule has 0 aliphatic heterocycles. The minimum absolute atomic E-state index is 0.0943. The average Bonchev–Trinajstić information content (AvgIpc) is 3.27. The first-order valence-corrected chi connectivity index (χ1v) is 9.38. The highest BCUT2D eigenvalue weighted by molar-refractivity contribution is 7.12. The molecule has 0 radical (unpaired) electrons. The van der Waals surface area contributed by atoms with Gasteiger partial charge in [0.05, 0.1) is 23.5 Å². The van der Waals surface area contributed by atoms with E-state index in [0.29, 0.717) is 10.8 Å². The highest BCUT2D eigenvalue weighted by atomic mass is 32.1. The first-order chi connectivity index (χ1) is 13.1. The van der Waals surface area contributed by atoms with Gasteiger partial charge in [-0.25, -0.2) is 9.67 Å². The maximum atomic E-state index is 11.0. The predicted octanol–water partition coefficient (Wildman–Crippen LogP) is 4.60. The van der Waals surface area contributed by atoms with Gasteiger partial charge < -0.3 is 5.11 Å². The molecule has 0 spiro atoms. The van der Waals surface area contributed by atoms with Crippen LogP contribution < -0.4 is 0 Å². The second-order valence-corrected chi connectivity index (χ2v) is 6.99. The first-order valence-electron chi connectivity index (χ1n) is 8.50. The van der Waals surface area contributed by atoms with Gasteiger partial charge in [0.2, 0.25) is 5.13 Å². The molecule has 0 aliphatic carbocycles. The highest BCUT2D eigenvalue weighted by Gasteiger charge is 2.20. The summed E-state index contributed by atoms with van der Waals surface area (Å²) in [5.41, 5.74) is 5.53. The second kappa shape index (κ2) is 7.17. The number of nitrogens with zero attached hydrogens (tertiary/aromatic N) is 3. The number of carbonyl (C=O) groups is 1. The highest BCUT2D eigenvalue weighted by Crippen LogP contribution is 2.34. The summed E-state index contributed by atoms with van der Waals surface area (Å²) in [4.78, 5) is 15.5. The molecule has 134 valence electrons. The fourth-order valence-corrected chi connectivity index (χ4v) is 3.85. The van der Waals surface area contributed by atoms with Crippen LogP contribution in [-0.4, -0.2) is 25.8 Å². The van der Waals surface area contributed by atoms with E-state index in [1.165, 1.54) is 11.3 Å². The van der Waals surface area contributed by atoms with Gasteiger partial charge >= 0.3 is 5.97 Å². The van der Waals surface area contributed by atoms with Gasteiger partial charge in [-0.2, -0.15) is 5.10 Å². The third kappa shape index (κ3) is 3.39. The Hall–Kier alpha value is -3.25. The van der Waals surface area contributed by atoms with E-state index < -0.39 is 5.97 Å². The lowest BCUT2D eigenvalue weighted by Crippen LogP contribution is -2.02. The topological polar surface area (TPSA) is 68.0 Å². The van der Waals surface area contributed by atoms with Gasteiger partial charge in [-0.05, 0) is 6.92 Å². The molecule has 27 heavy (non-hydrogen) atoms. The van der Waals surface area contributed by atoms with E-state index in [1.807, 2.05) is 65.3 Å². The van der Waals surface area contributed by atoms with Crippen LogP contribution in [0.15, 0.2) is 66.0 Å². The lowest BCUT2D eigenvalue weighted by atomic mass is 10.0. The van der Waals surface area contributed by atoms with E-state index in [-0.39, 0.29) is 6.42 Å². The van der Waals surface area contributed by atoms with E-state index in [4.69, 9.17) is 10.2 Å². The third-order valence-corrected chi connectivity index (χ3v) is 5.13. The van der Waals surface area contributed by atoms with Crippen LogP contribution in [-0.2, 0) is 11.2 Å². The average molecular weight is 375 g/mol. The van der Waals surface area contributed by atoms with Gasteiger partial charge in [0.15, 0.2) is 0 Å². The zero-order valence-corrected chi connectivity index (χ0v) is 15.5.